The first-order valence-electron chi connectivity index (χ1n) is 7.73. The Labute approximate surface area is 139 Å². The van der Waals surface area contributed by atoms with Gasteiger partial charge in [-0.2, -0.15) is 0 Å². The summed E-state index contributed by atoms with van der Waals surface area (Å²) in [5.74, 6) is 1.20. The summed E-state index contributed by atoms with van der Waals surface area (Å²) in [5.41, 5.74) is 0.640. The molecule has 0 amide bonds. The normalized spacial score (nSPS) is 16.9. The first kappa shape index (κ1) is 16.1. The summed E-state index contributed by atoms with van der Waals surface area (Å²) in [6.45, 7) is 5.71. The molecule has 124 valence electrons. The molecule has 1 aliphatic heterocycles. The number of carbonyl (C=O) groups is 1. The van der Waals surface area contributed by atoms with Gasteiger partial charge in [0.05, 0.1) is 5.52 Å². The van der Waals surface area contributed by atoms with E-state index in [2.05, 4.69) is 4.98 Å². The van der Waals surface area contributed by atoms with Crippen molar-refractivity contribution in [1.29, 1.82) is 0 Å². The molecule has 5 nitrogen and oxygen atoms in total. The second-order valence-corrected chi connectivity index (χ2v) is 6.25. The number of ether oxygens (including phenoxy) is 2. The first-order valence-corrected chi connectivity index (χ1v) is 7.73. The van der Waals surface area contributed by atoms with Crippen molar-refractivity contribution in [2.24, 2.45) is 0 Å². The minimum atomic E-state index is -0.796. The van der Waals surface area contributed by atoms with Crippen molar-refractivity contribution in [3.8, 4) is 5.75 Å². The maximum Gasteiger partial charge on any atom is 0.248 e. The molecule has 24 heavy (non-hydrogen) atoms. The van der Waals surface area contributed by atoms with Crippen LogP contribution in [0.3, 0.4) is 0 Å². The van der Waals surface area contributed by atoms with Crippen molar-refractivity contribution in [2.45, 2.75) is 26.4 Å². The maximum absolute atomic E-state index is 11.8. The van der Waals surface area contributed by atoms with Gasteiger partial charge in [0, 0.05) is 18.2 Å². The number of rotatable bonds is 4. The summed E-state index contributed by atoms with van der Waals surface area (Å²) in [7, 11) is 0. The number of benzene rings is 1. The average molecular weight is 325 g/mol. The number of hydrogen-bond acceptors (Lipinski definition) is 4. The zero-order valence-corrected chi connectivity index (χ0v) is 13.9. The van der Waals surface area contributed by atoms with Gasteiger partial charge >= 0.3 is 0 Å². The molecule has 1 N–H and O–H groups in total. The topological polar surface area (TPSA) is 68.4 Å². The fourth-order valence-electron chi connectivity index (χ4n) is 2.42. The molecule has 0 saturated carbocycles. The molecule has 1 aromatic carbocycles. The number of nitrogens with one attached hydrogen (secondary N) is 1. The minimum Gasteiger partial charge on any atom is -0.489 e. The summed E-state index contributed by atoms with van der Waals surface area (Å²) in [4.78, 5) is 25.9. The van der Waals surface area contributed by atoms with E-state index in [9.17, 15) is 9.59 Å². The summed E-state index contributed by atoms with van der Waals surface area (Å²) in [6, 6.07) is 8.79. The van der Waals surface area contributed by atoms with Gasteiger partial charge in [-0.3, -0.25) is 9.59 Å². The van der Waals surface area contributed by atoms with Crippen LogP contribution < -0.4 is 10.3 Å². The standard InChI is InChI=1S/C19H19NO4/c1-12(16-11-17(21)19(2,3)24-16)8-9-23-14-6-4-13-5-7-18(22)20-15(13)10-14/h4-8,10-11H,9H2,1-3H3,(H,20,22)/b12-8+. The number of carbonyl (C=O) groups excluding carboxylic acids is 1. The SMILES string of the molecule is C/C(=C\COc1ccc2ccc(=O)[nH]c2c1)C1=CC(=O)C(C)(C)O1. The summed E-state index contributed by atoms with van der Waals surface area (Å²) in [5, 5.41) is 0.943. The highest BCUT2D eigenvalue weighted by molar-refractivity contribution is 5.99. The molecule has 0 atom stereocenters. The van der Waals surface area contributed by atoms with E-state index < -0.39 is 5.60 Å². The van der Waals surface area contributed by atoms with Gasteiger partial charge in [-0.1, -0.05) is 0 Å². The van der Waals surface area contributed by atoms with Crippen molar-refractivity contribution >= 4 is 16.7 Å². The lowest BCUT2D eigenvalue weighted by atomic mass is 10.1. The number of ketones is 1. The molecule has 2 heterocycles. The van der Waals surface area contributed by atoms with E-state index in [4.69, 9.17) is 9.47 Å². The molecule has 0 saturated heterocycles. The Hall–Kier alpha value is -2.82. The smallest absolute Gasteiger partial charge is 0.248 e. The Balaban J connectivity index is 1.69. The summed E-state index contributed by atoms with van der Waals surface area (Å²) < 4.78 is 11.3. The van der Waals surface area contributed by atoms with Crippen LogP contribution in [0, 0.1) is 0 Å². The van der Waals surface area contributed by atoms with E-state index >= 15 is 0 Å². The summed E-state index contributed by atoms with van der Waals surface area (Å²) >= 11 is 0. The number of aromatic amines is 1. The number of H-pyrrole nitrogens is 1. The molecule has 1 aromatic heterocycles. The van der Waals surface area contributed by atoms with E-state index in [1.54, 1.807) is 26.0 Å². The molecule has 5 heteroatoms. The molecule has 0 radical (unpaired) electrons. The maximum atomic E-state index is 11.8. The second-order valence-electron chi connectivity index (χ2n) is 6.25. The second kappa shape index (κ2) is 6.00. The quantitative estimate of drug-likeness (QED) is 0.938. The predicted molar refractivity (Wildman–Crippen MR) is 92.1 cm³/mol. The lowest BCUT2D eigenvalue weighted by molar-refractivity contribution is -0.126. The number of pyridine rings is 1. The number of hydrogen-bond donors (Lipinski definition) is 1. The monoisotopic (exact) mass is 325 g/mol. The van der Waals surface area contributed by atoms with Gasteiger partial charge < -0.3 is 14.5 Å². The molecule has 2 aromatic rings. The van der Waals surface area contributed by atoms with Crippen LogP contribution >= 0.6 is 0 Å². The third kappa shape index (κ3) is 3.25. The van der Waals surface area contributed by atoms with Crippen LogP contribution in [0.5, 0.6) is 5.75 Å². The molecular formula is C19H19NO4. The zero-order valence-electron chi connectivity index (χ0n) is 13.9. The Kier molecular flexibility index (Phi) is 4.01. The van der Waals surface area contributed by atoms with Crippen molar-refractivity contribution in [3.63, 3.8) is 0 Å². The van der Waals surface area contributed by atoms with E-state index in [1.165, 1.54) is 12.1 Å². The van der Waals surface area contributed by atoms with Gasteiger partial charge in [0.1, 0.15) is 18.1 Å². The van der Waals surface area contributed by atoms with Gasteiger partial charge in [0.25, 0.3) is 0 Å². The highest BCUT2D eigenvalue weighted by Crippen LogP contribution is 2.28. The van der Waals surface area contributed by atoms with Crippen molar-refractivity contribution in [2.75, 3.05) is 6.61 Å². The van der Waals surface area contributed by atoms with E-state index in [0.29, 0.717) is 18.1 Å². The number of fused-ring (bicyclic) bond motifs is 1. The van der Waals surface area contributed by atoms with Gasteiger partial charge in [-0.15, -0.1) is 0 Å². The molecule has 0 fully saturated rings. The van der Waals surface area contributed by atoms with Gasteiger partial charge in [-0.05, 0) is 56.0 Å². The molecule has 0 aliphatic carbocycles. The third-order valence-electron chi connectivity index (χ3n) is 3.95. The van der Waals surface area contributed by atoms with Crippen LogP contribution in [0.25, 0.3) is 10.9 Å². The summed E-state index contributed by atoms with van der Waals surface area (Å²) in [6.07, 6.45) is 3.38. The van der Waals surface area contributed by atoms with Crippen LogP contribution in [-0.2, 0) is 9.53 Å². The average Bonchev–Trinajstić information content (AvgIpc) is 2.80. The molecular weight excluding hydrogens is 306 g/mol. The molecule has 1 aliphatic rings. The minimum absolute atomic E-state index is 0.0374. The largest absolute Gasteiger partial charge is 0.489 e. The lowest BCUT2D eigenvalue weighted by Gasteiger charge is -2.18. The molecule has 0 spiro atoms. The predicted octanol–water partition coefficient (Wildman–Crippen LogP) is 3.12. The number of allylic oxidation sites excluding steroid dienone is 1. The van der Waals surface area contributed by atoms with Gasteiger partial charge in [-0.25, -0.2) is 0 Å². The Bertz CT molecular complexity index is 918. The van der Waals surface area contributed by atoms with E-state index in [-0.39, 0.29) is 11.3 Å². The highest BCUT2D eigenvalue weighted by atomic mass is 16.5. The van der Waals surface area contributed by atoms with Crippen molar-refractivity contribution < 1.29 is 14.3 Å². The van der Waals surface area contributed by atoms with Gasteiger partial charge in [0.2, 0.25) is 11.3 Å². The van der Waals surface area contributed by atoms with Crippen LogP contribution in [0.15, 0.2) is 58.6 Å². The Morgan fingerprint density at radius 2 is 2.00 bits per heavy atom. The van der Waals surface area contributed by atoms with E-state index in [1.807, 2.05) is 25.1 Å². The fraction of sp³-hybridized carbons (Fsp3) is 0.263. The van der Waals surface area contributed by atoms with Gasteiger partial charge in [0.15, 0.2) is 5.60 Å². The third-order valence-corrected chi connectivity index (χ3v) is 3.95. The van der Waals surface area contributed by atoms with Crippen molar-refractivity contribution in [1.82, 2.24) is 4.98 Å². The zero-order chi connectivity index (χ0) is 17.3. The van der Waals surface area contributed by atoms with Crippen LogP contribution in [0.1, 0.15) is 20.8 Å². The molecule has 3 rings (SSSR count). The Morgan fingerprint density at radius 1 is 1.25 bits per heavy atom. The van der Waals surface area contributed by atoms with Crippen LogP contribution in [-0.4, -0.2) is 23.0 Å². The lowest BCUT2D eigenvalue weighted by Crippen LogP contribution is -2.27. The van der Waals surface area contributed by atoms with E-state index in [0.717, 1.165) is 16.5 Å². The first-order chi connectivity index (χ1) is 11.3. The molecule has 0 bridgehead atoms. The fourth-order valence-corrected chi connectivity index (χ4v) is 2.42. The van der Waals surface area contributed by atoms with Crippen LogP contribution in [0.2, 0.25) is 0 Å². The van der Waals surface area contributed by atoms with Crippen molar-refractivity contribution in [3.05, 3.63) is 64.2 Å². The molecule has 0 unspecified atom stereocenters. The highest BCUT2D eigenvalue weighted by Gasteiger charge is 2.35. The number of aromatic nitrogens is 1. The van der Waals surface area contributed by atoms with Crippen LogP contribution in [0.4, 0.5) is 0 Å². The Morgan fingerprint density at radius 3 is 2.71 bits per heavy atom.